The Morgan fingerprint density at radius 3 is 2.48 bits per heavy atom. The number of hydrogen-bond donors (Lipinski definition) is 0. The lowest BCUT2D eigenvalue weighted by Gasteiger charge is -2.32. The quantitative estimate of drug-likeness (QED) is 0.621. The van der Waals surface area contributed by atoms with Crippen LogP contribution in [0.25, 0.3) is 0 Å². The maximum Gasteiger partial charge on any atom is 0.494 e. The molecule has 0 amide bonds. The van der Waals surface area contributed by atoms with Gasteiger partial charge in [-0.25, -0.2) is 0 Å². The van der Waals surface area contributed by atoms with Crippen molar-refractivity contribution >= 4 is 18.6 Å². The number of pyridine rings is 1. The van der Waals surface area contributed by atoms with Gasteiger partial charge in [0.25, 0.3) is 0 Å². The summed E-state index contributed by atoms with van der Waals surface area (Å²) in [5.41, 5.74) is 0.744. The minimum absolute atomic E-state index is 0.154. The zero-order valence-electron chi connectivity index (χ0n) is 13.3. The molecular formula is C15H22BNO4. The number of nitrogens with zero attached hydrogens (tertiary/aromatic N) is 1. The Balaban J connectivity index is 2.14. The summed E-state index contributed by atoms with van der Waals surface area (Å²) in [7, 11) is -0.445. The van der Waals surface area contributed by atoms with E-state index in [1.54, 1.807) is 13.1 Å². The number of carbonyl (C=O) groups is 1. The third-order valence-electron chi connectivity index (χ3n) is 4.00. The van der Waals surface area contributed by atoms with Crippen LogP contribution in [0, 0.1) is 0 Å². The standard InChI is InChI=1S/C15H22BNO4/c1-6-19-13(18)10-12-9-11(7-8-17-12)16-20-14(2,3)15(4,5)21-16/h7-9H,6,10H2,1-5H3. The average Bonchev–Trinajstić information content (AvgIpc) is 2.59. The van der Waals surface area contributed by atoms with Crippen LogP contribution in [0.5, 0.6) is 0 Å². The van der Waals surface area contributed by atoms with Crippen LogP contribution in [-0.2, 0) is 25.3 Å². The molecule has 0 N–H and O–H groups in total. The fourth-order valence-electron chi connectivity index (χ4n) is 2.08. The molecule has 1 aromatic heterocycles. The number of ether oxygens (including phenoxy) is 1. The fourth-order valence-corrected chi connectivity index (χ4v) is 2.08. The third kappa shape index (κ3) is 3.44. The van der Waals surface area contributed by atoms with Crippen molar-refractivity contribution in [2.75, 3.05) is 6.61 Å². The highest BCUT2D eigenvalue weighted by Crippen LogP contribution is 2.36. The number of carbonyl (C=O) groups excluding carboxylic acids is 1. The van der Waals surface area contributed by atoms with Crippen molar-refractivity contribution in [3.63, 3.8) is 0 Å². The zero-order chi connectivity index (χ0) is 15.7. The van der Waals surface area contributed by atoms with E-state index in [-0.39, 0.29) is 23.6 Å². The van der Waals surface area contributed by atoms with Crippen molar-refractivity contribution in [1.82, 2.24) is 4.98 Å². The average molecular weight is 291 g/mol. The van der Waals surface area contributed by atoms with Crippen molar-refractivity contribution in [2.24, 2.45) is 0 Å². The van der Waals surface area contributed by atoms with Gasteiger partial charge in [0.15, 0.2) is 0 Å². The Hall–Kier alpha value is -1.40. The molecule has 1 aliphatic heterocycles. The lowest BCUT2D eigenvalue weighted by molar-refractivity contribution is -0.142. The van der Waals surface area contributed by atoms with Crippen LogP contribution in [0.1, 0.15) is 40.3 Å². The second-order valence-electron chi connectivity index (χ2n) is 6.15. The van der Waals surface area contributed by atoms with Gasteiger partial charge in [-0.15, -0.1) is 0 Å². The molecule has 1 fully saturated rings. The highest BCUT2D eigenvalue weighted by Gasteiger charge is 2.51. The number of rotatable bonds is 4. The van der Waals surface area contributed by atoms with Crippen LogP contribution < -0.4 is 5.46 Å². The van der Waals surface area contributed by atoms with Gasteiger partial charge in [0, 0.05) is 6.20 Å². The lowest BCUT2D eigenvalue weighted by atomic mass is 9.79. The maximum atomic E-state index is 11.5. The van der Waals surface area contributed by atoms with E-state index in [1.807, 2.05) is 39.8 Å². The number of aromatic nitrogens is 1. The van der Waals surface area contributed by atoms with Gasteiger partial charge in [-0.1, -0.05) is 0 Å². The molecule has 5 nitrogen and oxygen atoms in total. The Bertz CT molecular complexity index is 514. The first-order valence-electron chi connectivity index (χ1n) is 7.21. The third-order valence-corrected chi connectivity index (χ3v) is 4.00. The molecule has 1 saturated heterocycles. The topological polar surface area (TPSA) is 57.7 Å². The van der Waals surface area contributed by atoms with Gasteiger partial charge < -0.3 is 14.0 Å². The second kappa shape index (κ2) is 5.77. The summed E-state index contributed by atoms with van der Waals surface area (Å²) in [6, 6.07) is 3.68. The molecule has 2 heterocycles. The van der Waals surface area contributed by atoms with E-state index in [4.69, 9.17) is 14.0 Å². The Morgan fingerprint density at radius 1 is 1.29 bits per heavy atom. The Morgan fingerprint density at radius 2 is 1.90 bits per heavy atom. The second-order valence-corrected chi connectivity index (χ2v) is 6.15. The summed E-state index contributed by atoms with van der Waals surface area (Å²) in [6.07, 6.45) is 1.82. The summed E-state index contributed by atoms with van der Waals surface area (Å²) in [5, 5.41) is 0. The first-order valence-corrected chi connectivity index (χ1v) is 7.21. The van der Waals surface area contributed by atoms with Gasteiger partial charge in [0.2, 0.25) is 0 Å². The molecule has 6 heteroatoms. The molecule has 21 heavy (non-hydrogen) atoms. The van der Waals surface area contributed by atoms with Crippen molar-refractivity contribution in [2.45, 2.75) is 52.2 Å². The molecule has 0 atom stereocenters. The van der Waals surface area contributed by atoms with E-state index in [2.05, 4.69) is 4.98 Å². The van der Waals surface area contributed by atoms with E-state index >= 15 is 0 Å². The number of hydrogen-bond acceptors (Lipinski definition) is 5. The van der Waals surface area contributed by atoms with Crippen LogP contribution in [0.4, 0.5) is 0 Å². The molecule has 1 aromatic rings. The summed E-state index contributed by atoms with van der Waals surface area (Å²) in [6.45, 7) is 10.2. The predicted molar refractivity (Wildman–Crippen MR) is 80.3 cm³/mol. The van der Waals surface area contributed by atoms with Gasteiger partial charge in [0.1, 0.15) is 0 Å². The van der Waals surface area contributed by atoms with Gasteiger partial charge in [0.05, 0.1) is 29.9 Å². The normalized spacial score (nSPS) is 19.6. The Labute approximate surface area is 126 Å². The van der Waals surface area contributed by atoms with E-state index in [0.29, 0.717) is 12.3 Å². The smallest absolute Gasteiger partial charge is 0.466 e. The van der Waals surface area contributed by atoms with Crippen molar-refractivity contribution in [3.8, 4) is 0 Å². The highest BCUT2D eigenvalue weighted by atomic mass is 16.7. The monoisotopic (exact) mass is 291 g/mol. The van der Waals surface area contributed by atoms with Crippen molar-refractivity contribution in [1.29, 1.82) is 0 Å². The fraction of sp³-hybridized carbons (Fsp3) is 0.600. The SMILES string of the molecule is CCOC(=O)Cc1cc(B2OC(C)(C)C(C)(C)O2)ccn1. The summed E-state index contributed by atoms with van der Waals surface area (Å²) in [5.74, 6) is -0.281. The molecule has 1 aliphatic rings. The van der Waals surface area contributed by atoms with Gasteiger partial charge in [-0.05, 0) is 52.2 Å². The predicted octanol–water partition coefficient (Wildman–Crippen LogP) is 1.49. The maximum absolute atomic E-state index is 11.5. The molecule has 0 unspecified atom stereocenters. The minimum atomic E-state index is -0.445. The zero-order valence-corrected chi connectivity index (χ0v) is 13.3. The summed E-state index contributed by atoms with van der Waals surface area (Å²) >= 11 is 0. The van der Waals surface area contributed by atoms with Gasteiger partial charge in [-0.2, -0.15) is 0 Å². The Kier molecular flexibility index (Phi) is 4.39. The minimum Gasteiger partial charge on any atom is -0.466 e. The van der Waals surface area contributed by atoms with Crippen LogP contribution in [0.2, 0.25) is 0 Å². The highest BCUT2D eigenvalue weighted by molar-refractivity contribution is 6.62. The molecule has 0 saturated carbocycles. The van der Waals surface area contributed by atoms with Gasteiger partial charge >= 0.3 is 13.1 Å². The first-order chi connectivity index (χ1) is 9.75. The van der Waals surface area contributed by atoms with Crippen LogP contribution >= 0.6 is 0 Å². The summed E-state index contributed by atoms with van der Waals surface area (Å²) < 4.78 is 16.9. The van der Waals surface area contributed by atoms with Crippen molar-refractivity contribution < 1.29 is 18.8 Å². The molecule has 114 valence electrons. The first kappa shape index (κ1) is 16.0. The molecule has 2 rings (SSSR count). The largest absolute Gasteiger partial charge is 0.494 e. The van der Waals surface area contributed by atoms with Crippen molar-refractivity contribution in [3.05, 3.63) is 24.0 Å². The van der Waals surface area contributed by atoms with E-state index < -0.39 is 7.12 Å². The molecule has 0 radical (unpaired) electrons. The molecule has 0 bridgehead atoms. The molecular weight excluding hydrogens is 269 g/mol. The lowest BCUT2D eigenvalue weighted by Crippen LogP contribution is -2.41. The van der Waals surface area contributed by atoms with E-state index in [9.17, 15) is 4.79 Å². The molecule has 0 aliphatic carbocycles. The van der Waals surface area contributed by atoms with Crippen LogP contribution in [0.3, 0.4) is 0 Å². The van der Waals surface area contributed by atoms with E-state index in [0.717, 1.165) is 5.46 Å². The molecule has 0 spiro atoms. The van der Waals surface area contributed by atoms with Gasteiger partial charge in [-0.3, -0.25) is 9.78 Å². The number of esters is 1. The summed E-state index contributed by atoms with van der Waals surface area (Å²) in [4.78, 5) is 15.7. The van der Waals surface area contributed by atoms with Crippen LogP contribution in [0.15, 0.2) is 18.3 Å². The molecule has 0 aromatic carbocycles. The van der Waals surface area contributed by atoms with Crippen LogP contribution in [-0.4, -0.2) is 35.9 Å². The van der Waals surface area contributed by atoms with E-state index in [1.165, 1.54) is 0 Å².